The molecule has 1 aliphatic heterocycles. The third-order valence-electron chi connectivity index (χ3n) is 7.72. The van der Waals surface area contributed by atoms with E-state index in [2.05, 4.69) is 47.6 Å². The van der Waals surface area contributed by atoms with Crippen molar-refractivity contribution in [3.63, 3.8) is 0 Å². The van der Waals surface area contributed by atoms with E-state index in [1.165, 1.54) is 12.0 Å². The van der Waals surface area contributed by atoms with Crippen LogP contribution in [0.25, 0.3) is 0 Å². The van der Waals surface area contributed by atoms with Gasteiger partial charge in [0.1, 0.15) is 0 Å². The number of ether oxygens (including phenoxy) is 1. The number of hydrogen-bond donors (Lipinski definition) is 1. The molecule has 1 N–H and O–H groups in total. The molecule has 0 radical (unpaired) electrons. The van der Waals surface area contributed by atoms with Crippen LogP contribution < -0.4 is 0 Å². The molecule has 2 aliphatic carbocycles. The van der Waals surface area contributed by atoms with Crippen LogP contribution in [0, 0.1) is 22.7 Å². The summed E-state index contributed by atoms with van der Waals surface area (Å²) in [6.07, 6.45) is 7.75. The van der Waals surface area contributed by atoms with Gasteiger partial charge in [0.2, 0.25) is 0 Å². The summed E-state index contributed by atoms with van der Waals surface area (Å²) in [6, 6.07) is 0. The van der Waals surface area contributed by atoms with Crippen molar-refractivity contribution in [3.8, 4) is 0 Å². The summed E-state index contributed by atoms with van der Waals surface area (Å²) < 4.78 is 6.56. The molecule has 3 fully saturated rings. The standard InChI is InChI=1S/C20H34O2/c1-7-13(2)14-12-16-19(5,22-14)11-8-15-18(3,4)10-9-17(21)20(15,16)6/h7,14-17,21H,8-12H2,1-6H3/b13-7+/t14-,15-,16-,17+,19+,20-/m0/s1. The van der Waals surface area contributed by atoms with Crippen LogP contribution in [0.15, 0.2) is 11.6 Å². The summed E-state index contributed by atoms with van der Waals surface area (Å²) in [7, 11) is 0. The number of rotatable bonds is 1. The molecule has 2 saturated carbocycles. The molecule has 0 aromatic carbocycles. The molecular weight excluding hydrogens is 272 g/mol. The van der Waals surface area contributed by atoms with Crippen molar-refractivity contribution in [1.29, 1.82) is 0 Å². The molecule has 0 spiro atoms. The average molecular weight is 306 g/mol. The van der Waals surface area contributed by atoms with Gasteiger partial charge in [-0.25, -0.2) is 0 Å². The van der Waals surface area contributed by atoms with E-state index in [-0.39, 0.29) is 23.2 Å². The fourth-order valence-electron chi connectivity index (χ4n) is 6.20. The fraction of sp³-hybridized carbons (Fsp3) is 0.900. The Balaban J connectivity index is 1.99. The zero-order valence-corrected chi connectivity index (χ0v) is 15.3. The Hall–Kier alpha value is -0.340. The van der Waals surface area contributed by atoms with Crippen LogP contribution in [0.4, 0.5) is 0 Å². The first-order chi connectivity index (χ1) is 10.1. The van der Waals surface area contributed by atoms with Crippen molar-refractivity contribution in [2.45, 2.75) is 91.5 Å². The minimum Gasteiger partial charge on any atom is -0.393 e. The lowest BCUT2D eigenvalue weighted by Crippen LogP contribution is -2.61. The highest BCUT2D eigenvalue weighted by Gasteiger charge is 2.64. The molecule has 126 valence electrons. The predicted octanol–water partition coefficient (Wildman–Crippen LogP) is 4.71. The molecule has 1 saturated heterocycles. The zero-order valence-electron chi connectivity index (χ0n) is 15.3. The van der Waals surface area contributed by atoms with Crippen molar-refractivity contribution in [1.82, 2.24) is 0 Å². The first-order valence-corrected chi connectivity index (χ1v) is 9.14. The number of allylic oxidation sites excluding steroid dienone is 1. The Bertz CT molecular complexity index is 480. The maximum absolute atomic E-state index is 11.0. The highest BCUT2D eigenvalue weighted by molar-refractivity contribution is 5.17. The highest BCUT2D eigenvalue weighted by atomic mass is 16.5. The van der Waals surface area contributed by atoms with E-state index < -0.39 is 0 Å². The molecule has 2 nitrogen and oxygen atoms in total. The van der Waals surface area contributed by atoms with Crippen LogP contribution in [0.3, 0.4) is 0 Å². The SMILES string of the molecule is C/C=C(\C)[C@@H]1C[C@@H]2[C@@]3(C)[C@H](O)CCC(C)(C)[C@@H]3CC[C@@]2(C)O1. The van der Waals surface area contributed by atoms with Crippen LogP contribution in [-0.2, 0) is 4.74 Å². The summed E-state index contributed by atoms with van der Waals surface area (Å²) >= 11 is 0. The van der Waals surface area contributed by atoms with Crippen molar-refractivity contribution < 1.29 is 9.84 Å². The van der Waals surface area contributed by atoms with Gasteiger partial charge in [-0.1, -0.05) is 26.8 Å². The van der Waals surface area contributed by atoms with Crippen molar-refractivity contribution >= 4 is 0 Å². The van der Waals surface area contributed by atoms with Crippen molar-refractivity contribution in [3.05, 3.63) is 11.6 Å². The molecule has 3 rings (SSSR count). The molecule has 0 bridgehead atoms. The van der Waals surface area contributed by atoms with Gasteiger partial charge in [-0.15, -0.1) is 0 Å². The van der Waals surface area contributed by atoms with Gasteiger partial charge < -0.3 is 9.84 Å². The lowest BCUT2D eigenvalue weighted by molar-refractivity contribution is -0.197. The third-order valence-corrected chi connectivity index (χ3v) is 7.72. The molecule has 1 heterocycles. The van der Waals surface area contributed by atoms with Gasteiger partial charge in [0.15, 0.2) is 0 Å². The summed E-state index contributed by atoms with van der Waals surface area (Å²) in [4.78, 5) is 0. The minimum atomic E-state index is -0.177. The Labute approximate surface area is 136 Å². The maximum atomic E-state index is 11.0. The zero-order chi connectivity index (χ0) is 16.3. The largest absolute Gasteiger partial charge is 0.393 e. The van der Waals surface area contributed by atoms with Gasteiger partial charge in [-0.3, -0.25) is 0 Å². The Morgan fingerprint density at radius 2 is 1.77 bits per heavy atom. The van der Waals surface area contributed by atoms with Crippen LogP contribution in [0.5, 0.6) is 0 Å². The summed E-state index contributed by atoms with van der Waals surface area (Å²) in [5.74, 6) is 1.07. The molecule has 0 aromatic heterocycles. The number of aliphatic hydroxyl groups excluding tert-OH is 1. The second kappa shape index (κ2) is 5.08. The van der Waals surface area contributed by atoms with E-state index in [9.17, 15) is 5.11 Å². The summed E-state index contributed by atoms with van der Waals surface area (Å²) in [6.45, 7) is 13.8. The van der Waals surface area contributed by atoms with Gasteiger partial charge in [-0.2, -0.15) is 0 Å². The van der Waals surface area contributed by atoms with Crippen LogP contribution in [-0.4, -0.2) is 22.9 Å². The monoisotopic (exact) mass is 306 g/mol. The van der Waals surface area contributed by atoms with Crippen molar-refractivity contribution in [2.75, 3.05) is 0 Å². The molecule has 2 heteroatoms. The first kappa shape index (κ1) is 16.5. The number of aliphatic hydroxyl groups is 1. The molecule has 0 unspecified atom stereocenters. The first-order valence-electron chi connectivity index (χ1n) is 9.14. The second-order valence-corrected chi connectivity index (χ2v) is 9.24. The maximum Gasteiger partial charge on any atom is 0.0793 e. The molecule has 22 heavy (non-hydrogen) atoms. The average Bonchev–Trinajstić information content (AvgIpc) is 2.81. The predicted molar refractivity (Wildman–Crippen MR) is 90.7 cm³/mol. The Kier molecular flexibility index (Phi) is 3.81. The van der Waals surface area contributed by atoms with Gasteiger partial charge in [-0.05, 0) is 75.7 Å². The van der Waals surface area contributed by atoms with E-state index >= 15 is 0 Å². The lowest BCUT2D eigenvalue weighted by atomic mass is 9.44. The van der Waals surface area contributed by atoms with E-state index in [4.69, 9.17) is 4.74 Å². The quantitative estimate of drug-likeness (QED) is 0.711. The van der Waals surface area contributed by atoms with Crippen LogP contribution in [0.1, 0.15) is 73.6 Å². The van der Waals surface area contributed by atoms with Gasteiger partial charge in [0.05, 0.1) is 17.8 Å². The summed E-state index contributed by atoms with van der Waals surface area (Å²) in [5, 5.41) is 11.0. The Morgan fingerprint density at radius 3 is 2.41 bits per heavy atom. The van der Waals surface area contributed by atoms with Gasteiger partial charge >= 0.3 is 0 Å². The Morgan fingerprint density at radius 1 is 1.09 bits per heavy atom. The van der Waals surface area contributed by atoms with Crippen molar-refractivity contribution in [2.24, 2.45) is 22.7 Å². The molecule has 3 aliphatic rings. The molecule has 6 atom stereocenters. The second-order valence-electron chi connectivity index (χ2n) is 9.24. The smallest absolute Gasteiger partial charge is 0.0793 e. The van der Waals surface area contributed by atoms with E-state index in [0.29, 0.717) is 17.3 Å². The highest BCUT2D eigenvalue weighted by Crippen LogP contribution is 2.65. The van der Waals surface area contributed by atoms with Crippen LogP contribution >= 0.6 is 0 Å². The van der Waals surface area contributed by atoms with E-state index in [1.807, 2.05) is 0 Å². The van der Waals surface area contributed by atoms with Gasteiger partial charge in [0, 0.05) is 5.41 Å². The van der Waals surface area contributed by atoms with Gasteiger partial charge in [0.25, 0.3) is 0 Å². The molecule has 0 amide bonds. The fourth-order valence-corrected chi connectivity index (χ4v) is 6.20. The van der Waals surface area contributed by atoms with Crippen LogP contribution in [0.2, 0.25) is 0 Å². The molecule has 0 aromatic rings. The topological polar surface area (TPSA) is 29.5 Å². The number of fused-ring (bicyclic) bond motifs is 3. The third kappa shape index (κ3) is 2.13. The van der Waals surface area contributed by atoms with E-state index in [0.717, 1.165) is 25.7 Å². The normalized spacial score (nSPS) is 51.3. The van der Waals surface area contributed by atoms with E-state index in [1.54, 1.807) is 0 Å². The summed E-state index contributed by atoms with van der Waals surface area (Å²) in [5.41, 5.74) is 1.62. The minimum absolute atomic E-state index is 0.00246. The lowest BCUT2D eigenvalue weighted by Gasteiger charge is -2.61. The number of hydrogen-bond acceptors (Lipinski definition) is 2. The molecular formula is C20H34O2.